The van der Waals surface area contributed by atoms with Gasteiger partial charge in [-0.15, -0.1) is 0 Å². The zero-order valence-corrected chi connectivity index (χ0v) is 12.7. The molecule has 0 radical (unpaired) electrons. The number of rotatable bonds is 10. The summed E-state index contributed by atoms with van der Waals surface area (Å²) in [4.78, 5) is 0. The fourth-order valence-electron chi connectivity index (χ4n) is 1.93. The molecule has 0 heterocycles. The highest BCUT2D eigenvalue weighted by atomic mass is 16.5. The number of hydrogen-bond donors (Lipinski definition) is 1. The maximum absolute atomic E-state index is 5.73. The van der Waals surface area contributed by atoms with Gasteiger partial charge in [-0.1, -0.05) is 52.2 Å². The molecule has 1 aromatic rings. The van der Waals surface area contributed by atoms with E-state index in [4.69, 9.17) is 4.74 Å². The number of ether oxygens (including phenoxy) is 1. The quantitative estimate of drug-likeness (QED) is 0.632. The lowest BCUT2D eigenvalue weighted by Crippen LogP contribution is -2.18. The second-order valence-electron chi connectivity index (χ2n) is 5.58. The first-order valence-electron chi connectivity index (χ1n) is 7.64. The van der Waals surface area contributed by atoms with Crippen LogP contribution in [0.4, 0.5) is 0 Å². The third kappa shape index (κ3) is 7.89. The largest absolute Gasteiger partial charge is 0.494 e. The smallest absolute Gasteiger partial charge is 0.119 e. The van der Waals surface area contributed by atoms with E-state index in [0.29, 0.717) is 5.92 Å². The molecule has 0 fully saturated rings. The third-order valence-electron chi connectivity index (χ3n) is 3.07. The molecular weight excluding hydrogens is 234 g/mol. The Labute approximate surface area is 118 Å². The molecule has 0 saturated carbocycles. The highest BCUT2D eigenvalue weighted by Crippen LogP contribution is 2.13. The van der Waals surface area contributed by atoms with Crippen molar-refractivity contribution in [3.05, 3.63) is 29.8 Å². The van der Waals surface area contributed by atoms with Crippen molar-refractivity contribution in [2.75, 3.05) is 13.2 Å². The van der Waals surface area contributed by atoms with Gasteiger partial charge in [-0.25, -0.2) is 0 Å². The predicted molar refractivity (Wildman–Crippen MR) is 82.6 cm³/mol. The number of nitrogens with one attached hydrogen (secondary N) is 1. The number of benzene rings is 1. The molecule has 2 nitrogen and oxygen atoms in total. The standard InChI is InChI=1S/C17H29NO/c1-4-5-6-7-12-19-17-10-8-16(9-11-17)14-18-13-15(2)3/h8-11,15,18H,4-7,12-14H2,1-3H3. The Morgan fingerprint density at radius 2 is 1.79 bits per heavy atom. The minimum atomic E-state index is 0.700. The van der Waals surface area contributed by atoms with E-state index in [2.05, 4.69) is 50.4 Å². The van der Waals surface area contributed by atoms with Crippen molar-refractivity contribution in [1.82, 2.24) is 5.32 Å². The van der Waals surface area contributed by atoms with Crippen LogP contribution in [0.1, 0.15) is 52.0 Å². The second-order valence-corrected chi connectivity index (χ2v) is 5.58. The van der Waals surface area contributed by atoms with Crippen LogP contribution in [-0.4, -0.2) is 13.2 Å². The van der Waals surface area contributed by atoms with Crippen LogP contribution in [0.2, 0.25) is 0 Å². The predicted octanol–water partition coefficient (Wildman–Crippen LogP) is 4.39. The van der Waals surface area contributed by atoms with Crippen molar-refractivity contribution in [3.63, 3.8) is 0 Å². The average molecular weight is 263 g/mol. The van der Waals surface area contributed by atoms with Gasteiger partial charge < -0.3 is 10.1 Å². The second kappa shape index (κ2) is 9.85. The fourth-order valence-corrected chi connectivity index (χ4v) is 1.93. The highest BCUT2D eigenvalue weighted by Gasteiger charge is 1.97. The monoisotopic (exact) mass is 263 g/mol. The summed E-state index contributed by atoms with van der Waals surface area (Å²) in [5.74, 6) is 1.69. The molecular formula is C17H29NO. The van der Waals surface area contributed by atoms with Crippen LogP contribution < -0.4 is 10.1 Å². The van der Waals surface area contributed by atoms with Gasteiger partial charge in [0.05, 0.1) is 6.61 Å². The average Bonchev–Trinajstić information content (AvgIpc) is 2.40. The summed E-state index contributed by atoms with van der Waals surface area (Å²) < 4.78 is 5.73. The van der Waals surface area contributed by atoms with Gasteiger partial charge in [-0.3, -0.25) is 0 Å². The molecule has 0 aliphatic rings. The molecule has 0 aromatic heterocycles. The van der Waals surface area contributed by atoms with Gasteiger partial charge in [0.15, 0.2) is 0 Å². The van der Waals surface area contributed by atoms with Gasteiger partial charge in [-0.2, -0.15) is 0 Å². The minimum absolute atomic E-state index is 0.700. The lowest BCUT2D eigenvalue weighted by atomic mass is 10.2. The summed E-state index contributed by atoms with van der Waals surface area (Å²) in [6, 6.07) is 8.45. The molecule has 1 rings (SSSR count). The topological polar surface area (TPSA) is 21.3 Å². The van der Waals surface area contributed by atoms with Crippen LogP contribution in [-0.2, 0) is 6.54 Å². The van der Waals surface area contributed by atoms with Gasteiger partial charge in [-0.05, 0) is 36.6 Å². The van der Waals surface area contributed by atoms with Crippen LogP contribution in [0.15, 0.2) is 24.3 Å². The SMILES string of the molecule is CCCCCCOc1ccc(CNCC(C)C)cc1. The molecule has 0 bridgehead atoms. The molecule has 0 unspecified atom stereocenters. The van der Waals surface area contributed by atoms with Crippen molar-refractivity contribution >= 4 is 0 Å². The summed E-state index contributed by atoms with van der Waals surface area (Å²) in [5.41, 5.74) is 1.32. The van der Waals surface area contributed by atoms with E-state index in [-0.39, 0.29) is 0 Å². The van der Waals surface area contributed by atoms with Crippen molar-refractivity contribution in [2.24, 2.45) is 5.92 Å². The molecule has 1 N–H and O–H groups in total. The number of hydrogen-bond acceptors (Lipinski definition) is 2. The Morgan fingerprint density at radius 3 is 2.42 bits per heavy atom. The van der Waals surface area contributed by atoms with Crippen LogP contribution >= 0.6 is 0 Å². The van der Waals surface area contributed by atoms with Crippen molar-refractivity contribution in [2.45, 2.75) is 53.0 Å². The Kier molecular flexibility index (Phi) is 8.31. The molecule has 0 atom stereocenters. The third-order valence-corrected chi connectivity index (χ3v) is 3.07. The highest BCUT2D eigenvalue weighted by molar-refractivity contribution is 5.27. The van der Waals surface area contributed by atoms with Crippen LogP contribution in [0, 0.1) is 5.92 Å². The van der Waals surface area contributed by atoms with Crippen LogP contribution in [0.3, 0.4) is 0 Å². The Balaban J connectivity index is 2.19. The van der Waals surface area contributed by atoms with Gasteiger partial charge in [0.2, 0.25) is 0 Å². The van der Waals surface area contributed by atoms with E-state index in [9.17, 15) is 0 Å². The maximum atomic E-state index is 5.73. The zero-order valence-electron chi connectivity index (χ0n) is 12.7. The molecule has 0 spiro atoms. The molecule has 0 saturated heterocycles. The molecule has 0 amide bonds. The molecule has 19 heavy (non-hydrogen) atoms. The zero-order chi connectivity index (χ0) is 13.9. The molecule has 2 heteroatoms. The van der Waals surface area contributed by atoms with Gasteiger partial charge >= 0.3 is 0 Å². The summed E-state index contributed by atoms with van der Waals surface area (Å²) in [7, 11) is 0. The summed E-state index contributed by atoms with van der Waals surface area (Å²) in [6.45, 7) is 9.52. The van der Waals surface area contributed by atoms with Gasteiger partial charge in [0.25, 0.3) is 0 Å². The lowest BCUT2D eigenvalue weighted by Gasteiger charge is -2.09. The summed E-state index contributed by atoms with van der Waals surface area (Å²) in [5, 5.41) is 3.45. The van der Waals surface area contributed by atoms with Crippen molar-refractivity contribution in [3.8, 4) is 5.75 Å². The fraction of sp³-hybridized carbons (Fsp3) is 0.647. The van der Waals surface area contributed by atoms with Crippen molar-refractivity contribution < 1.29 is 4.74 Å². The number of unbranched alkanes of at least 4 members (excludes halogenated alkanes) is 3. The van der Waals surface area contributed by atoms with Crippen LogP contribution in [0.5, 0.6) is 5.75 Å². The van der Waals surface area contributed by atoms with Gasteiger partial charge in [0, 0.05) is 6.54 Å². The van der Waals surface area contributed by atoms with E-state index >= 15 is 0 Å². The Morgan fingerprint density at radius 1 is 1.05 bits per heavy atom. The maximum Gasteiger partial charge on any atom is 0.119 e. The summed E-state index contributed by atoms with van der Waals surface area (Å²) >= 11 is 0. The molecule has 0 aliphatic heterocycles. The molecule has 1 aromatic carbocycles. The van der Waals surface area contributed by atoms with Gasteiger partial charge in [0.1, 0.15) is 5.75 Å². The van der Waals surface area contributed by atoms with E-state index < -0.39 is 0 Å². The lowest BCUT2D eigenvalue weighted by molar-refractivity contribution is 0.305. The van der Waals surface area contributed by atoms with E-state index in [1.807, 2.05) is 0 Å². The molecule has 108 valence electrons. The van der Waals surface area contributed by atoms with Crippen molar-refractivity contribution in [1.29, 1.82) is 0 Å². The first kappa shape index (κ1) is 16.0. The Bertz CT molecular complexity index is 319. The Hall–Kier alpha value is -1.02. The first-order valence-corrected chi connectivity index (χ1v) is 7.64. The first-order chi connectivity index (χ1) is 9.22. The normalized spacial score (nSPS) is 10.9. The minimum Gasteiger partial charge on any atom is -0.494 e. The van der Waals surface area contributed by atoms with Crippen LogP contribution in [0.25, 0.3) is 0 Å². The summed E-state index contributed by atoms with van der Waals surface area (Å²) in [6.07, 6.45) is 5.02. The molecule has 0 aliphatic carbocycles. The van der Waals surface area contributed by atoms with E-state index in [0.717, 1.165) is 31.9 Å². The van der Waals surface area contributed by atoms with E-state index in [1.54, 1.807) is 0 Å². The van der Waals surface area contributed by atoms with E-state index in [1.165, 1.54) is 24.8 Å².